The van der Waals surface area contributed by atoms with Crippen LogP contribution >= 0.6 is 27.5 Å². The van der Waals surface area contributed by atoms with Crippen LogP contribution in [0, 0.1) is 0 Å². The number of halogens is 2. The molecule has 0 fully saturated rings. The zero-order valence-corrected chi connectivity index (χ0v) is 12.5. The summed E-state index contributed by atoms with van der Waals surface area (Å²) in [5.41, 5.74) is 2.31. The number of rotatable bonds is 3. The van der Waals surface area contributed by atoms with Crippen molar-refractivity contribution in [3.8, 4) is 11.5 Å². The van der Waals surface area contributed by atoms with Crippen LogP contribution in [0.4, 0.5) is 0 Å². The first kappa shape index (κ1) is 12.8. The highest BCUT2D eigenvalue weighted by Crippen LogP contribution is 2.33. The van der Waals surface area contributed by atoms with Gasteiger partial charge in [-0.05, 0) is 42.0 Å². The van der Waals surface area contributed by atoms with Gasteiger partial charge in [0.1, 0.15) is 18.1 Å². The van der Waals surface area contributed by atoms with E-state index in [0.29, 0.717) is 11.6 Å². The molecule has 19 heavy (non-hydrogen) atoms. The Balaban J connectivity index is 1.78. The van der Waals surface area contributed by atoms with Crippen LogP contribution in [-0.4, -0.2) is 6.61 Å². The van der Waals surface area contributed by atoms with Gasteiger partial charge in [0.15, 0.2) is 0 Å². The third kappa shape index (κ3) is 2.88. The van der Waals surface area contributed by atoms with Crippen LogP contribution in [0.3, 0.4) is 0 Å². The molecule has 2 aromatic rings. The molecule has 0 spiro atoms. The minimum absolute atomic E-state index is 0.489. The quantitative estimate of drug-likeness (QED) is 0.812. The lowest BCUT2D eigenvalue weighted by Crippen LogP contribution is -1.98. The lowest BCUT2D eigenvalue weighted by atomic mass is 10.1. The van der Waals surface area contributed by atoms with Crippen LogP contribution in [0.2, 0.25) is 5.02 Å². The van der Waals surface area contributed by atoms with Gasteiger partial charge in [0, 0.05) is 21.5 Å². The molecule has 1 aliphatic rings. The fourth-order valence-electron chi connectivity index (χ4n) is 2.15. The summed E-state index contributed by atoms with van der Waals surface area (Å²) in [4.78, 5) is 0. The second-order valence-electron chi connectivity index (χ2n) is 4.39. The highest BCUT2D eigenvalue weighted by atomic mass is 79.9. The Morgan fingerprint density at radius 3 is 2.79 bits per heavy atom. The molecule has 0 amide bonds. The van der Waals surface area contributed by atoms with Gasteiger partial charge in [0.25, 0.3) is 0 Å². The molecule has 2 nitrogen and oxygen atoms in total. The Hall–Kier alpha value is -1.19. The molecule has 0 N–H and O–H groups in total. The van der Waals surface area contributed by atoms with Crippen molar-refractivity contribution in [2.24, 2.45) is 0 Å². The Morgan fingerprint density at radius 1 is 1.21 bits per heavy atom. The van der Waals surface area contributed by atoms with E-state index in [1.807, 2.05) is 30.3 Å². The fraction of sp³-hybridized carbons (Fsp3) is 0.200. The lowest BCUT2D eigenvalue weighted by Gasteiger charge is -2.11. The predicted octanol–water partition coefficient (Wildman–Crippen LogP) is 4.62. The maximum atomic E-state index is 5.84. The van der Waals surface area contributed by atoms with E-state index in [1.54, 1.807) is 0 Å². The molecule has 1 heterocycles. The zero-order chi connectivity index (χ0) is 13.2. The average molecular weight is 340 g/mol. The molecule has 0 atom stereocenters. The second-order valence-corrected chi connectivity index (χ2v) is 5.75. The summed E-state index contributed by atoms with van der Waals surface area (Å²) in [6, 6.07) is 11.5. The molecule has 98 valence electrons. The zero-order valence-electron chi connectivity index (χ0n) is 10.2. The Kier molecular flexibility index (Phi) is 3.67. The molecule has 0 aliphatic carbocycles. The van der Waals surface area contributed by atoms with Gasteiger partial charge >= 0.3 is 0 Å². The SMILES string of the molecule is Clc1ccc(OCc2cc(Br)cc3c2OCC3)cc1. The van der Waals surface area contributed by atoms with Crippen molar-refractivity contribution in [1.29, 1.82) is 0 Å². The smallest absolute Gasteiger partial charge is 0.129 e. The monoisotopic (exact) mass is 338 g/mol. The molecule has 1 aliphatic heterocycles. The van der Waals surface area contributed by atoms with E-state index < -0.39 is 0 Å². The van der Waals surface area contributed by atoms with E-state index in [9.17, 15) is 0 Å². The van der Waals surface area contributed by atoms with E-state index >= 15 is 0 Å². The normalized spacial score (nSPS) is 12.9. The van der Waals surface area contributed by atoms with Gasteiger partial charge < -0.3 is 9.47 Å². The Bertz CT molecular complexity index is 596. The number of hydrogen-bond donors (Lipinski definition) is 0. The van der Waals surface area contributed by atoms with Gasteiger partial charge in [-0.2, -0.15) is 0 Å². The fourth-order valence-corrected chi connectivity index (χ4v) is 2.82. The van der Waals surface area contributed by atoms with Crippen LogP contribution in [0.5, 0.6) is 11.5 Å². The molecule has 0 aromatic heterocycles. The van der Waals surface area contributed by atoms with Gasteiger partial charge in [-0.3, -0.25) is 0 Å². The largest absolute Gasteiger partial charge is 0.493 e. The Labute approximate surface area is 125 Å². The van der Waals surface area contributed by atoms with Crippen molar-refractivity contribution in [1.82, 2.24) is 0 Å². The maximum Gasteiger partial charge on any atom is 0.129 e. The number of benzene rings is 2. The minimum atomic E-state index is 0.489. The lowest BCUT2D eigenvalue weighted by molar-refractivity contribution is 0.292. The molecule has 2 aromatic carbocycles. The van der Waals surface area contributed by atoms with Crippen LogP contribution in [0.15, 0.2) is 40.9 Å². The summed E-state index contributed by atoms with van der Waals surface area (Å²) in [5.74, 6) is 1.77. The first-order chi connectivity index (χ1) is 9.22. The van der Waals surface area contributed by atoms with Crippen molar-refractivity contribution in [3.05, 3.63) is 57.0 Å². The van der Waals surface area contributed by atoms with Gasteiger partial charge in [0.2, 0.25) is 0 Å². The van der Waals surface area contributed by atoms with Gasteiger partial charge in [-0.15, -0.1) is 0 Å². The van der Waals surface area contributed by atoms with E-state index in [-0.39, 0.29) is 0 Å². The van der Waals surface area contributed by atoms with Crippen LogP contribution in [0.1, 0.15) is 11.1 Å². The van der Waals surface area contributed by atoms with Crippen molar-refractivity contribution < 1.29 is 9.47 Å². The second kappa shape index (κ2) is 5.43. The summed E-state index contributed by atoms with van der Waals surface area (Å²) in [6.45, 7) is 1.24. The summed E-state index contributed by atoms with van der Waals surface area (Å²) in [6.07, 6.45) is 0.961. The summed E-state index contributed by atoms with van der Waals surface area (Å²) in [5, 5.41) is 0.707. The molecule has 0 saturated heterocycles. The van der Waals surface area contributed by atoms with E-state index in [1.165, 1.54) is 5.56 Å². The van der Waals surface area contributed by atoms with E-state index in [2.05, 4.69) is 22.0 Å². The first-order valence-corrected chi connectivity index (χ1v) is 7.22. The summed E-state index contributed by atoms with van der Waals surface area (Å²) < 4.78 is 12.5. The molecular formula is C15H12BrClO2. The highest BCUT2D eigenvalue weighted by molar-refractivity contribution is 9.10. The topological polar surface area (TPSA) is 18.5 Å². The predicted molar refractivity (Wildman–Crippen MR) is 79.1 cm³/mol. The molecular weight excluding hydrogens is 328 g/mol. The minimum Gasteiger partial charge on any atom is -0.493 e. The number of hydrogen-bond acceptors (Lipinski definition) is 2. The third-order valence-electron chi connectivity index (χ3n) is 3.03. The van der Waals surface area contributed by atoms with Gasteiger partial charge in [-0.25, -0.2) is 0 Å². The summed E-state index contributed by atoms with van der Waals surface area (Å²) in [7, 11) is 0. The van der Waals surface area contributed by atoms with E-state index in [0.717, 1.165) is 34.6 Å². The van der Waals surface area contributed by atoms with Gasteiger partial charge in [0.05, 0.1) is 6.61 Å². The van der Waals surface area contributed by atoms with Crippen LogP contribution in [0.25, 0.3) is 0 Å². The average Bonchev–Trinajstić information content (AvgIpc) is 2.85. The van der Waals surface area contributed by atoms with E-state index in [4.69, 9.17) is 21.1 Å². The van der Waals surface area contributed by atoms with Crippen molar-refractivity contribution in [3.63, 3.8) is 0 Å². The molecule has 0 unspecified atom stereocenters. The molecule has 4 heteroatoms. The maximum absolute atomic E-state index is 5.84. The molecule has 0 saturated carbocycles. The van der Waals surface area contributed by atoms with Gasteiger partial charge in [-0.1, -0.05) is 27.5 Å². The molecule has 3 rings (SSSR count). The van der Waals surface area contributed by atoms with Crippen LogP contribution in [-0.2, 0) is 13.0 Å². The van der Waals surface area contributed by atoms with Crippen molar-refractivity contribution >= 4 is 27.5 Å². The molecule has 0 bridgehead atoms. The Morgan fingerprint density at radius 2 is 2.00 bits per heavy atom. The summed E-state index contributed by atoms with van der Waals surface area (Å²) >= 11 is 9.37. The first-order valence-electron chi connectivity index (χ1n) is 6.05. The number of ether oxygens (including phenoxy) is 2. The van der Waals surface area contributed by atoms with Crippen molar-refractivity contribution in [2.75, 3.05) is 6.61 Å². The van der Waals surface area contributed by atoms with Crippen molar-refractivity contribution in [2.45, 2.75) is 13.0 Å². The number of fused-ring (bicyclic) bond motifs is 1. The standard InChI is InChI=1S/C15H12BrClO2/c16-12-7-10-5-6-18-15(10)11(8-12)9-19-14-3-1-13(17)2-4-14/h1-4,7-8H,5-6,9H2. The highest BCUT2D eigenvalue weighted by Gasteiger charge is 2.17. The molecule has 0 radical (unpaired) electrons. The van der Waals surface area contributed by atoms with Crippen LogP contribution < -0.4 is 9.47 Å². The third-order valence-corrected chi connectivity index (χ3v) is 3.74.